The molecule has 0 unspecified atom stereocenters. The molecule has 5 rings (SSSR count). The Morgan fingerprint density at radius 3 is 1.15 bits per heavy atom. The molecule has 4 aromatic rings. The normalized spacial score (nSPS) is 14.8. The summed E-state index contributed by atoms with van der Waals surface area (Å²) in [4.78, 5) is 13.0. The van der Waals surface area contributed by atoms with Crippen molar-refractivity contribution in [1.29, 1.82) is 0 Å². The fourth-order valence-corrected chi connectivity index (χ4v) is 12.0. The second kappa shape index (κ2) is 46.1. The molecule has 1 N–H and O–H groups in total. The van der Waals surface area contributed by atoms with E-state index in [0.29, 0.717) is 39.6 Å². The molecular formula is C73H118N4O7. The van der Waals surface area contributed by atoms with E-state index in [1.165, 1.54) is 167 Å². The molecule has 0 fully saturated rings. The fourth-order valence-electron chi connectivity index (χ4n) is 12.0. The molecule has 0 atom stereocenters. The van der Waals surface area contributed by atoms with Gasteiger partial charge in [0.05, 0.1) is 58.6 Å². The molecule has 1 aliphatic rings. The number of unbranched alkanes of at least 4 members (excludes halogenated alkanes) is 26. The molecule has 0 radical (unpaired) electrons. The third kappa shape index (κ3) is 29.1. The van der Waals surface area contributed by atoms with Gasteiger partial charge in [-0.05, 0) is 73.3 Å². The van der Waals surface area contributed by atoms with Crippen molar-refractivity contribution < 1.29 is 33.5 Å². The van der Waals surface area contributed by atoms with Crippen LogP contribution in [0, 0.1) is 0 Å². The first-order valence-electron chi connectivity index (χ1n) is 34.1. The van der Waals surface area contributed by atoms with Crippen LogP contribution in [0.5, 0.6) is 17.2 Å². The smallest absolute Gasteiger partial charge is 0.143 e. The first kappa shape index (κ1) is 70.7. The number of rotatable bonds is 43. The number of nitrogens with zero attached hydrogens (tertiary/aromatic N) is 4. The Kier molecular flexibility index (Phi) is 38.8. The zero-order valence-corrected chi connectivity index (χ0v) is 53.7. The van der Waals surface area contributed by atoms with Gasteiger partial charge < -0.3 is 33.5 Å². The summed E-state index contributed by atoms with van der Waals surface area (Å²) >= 11 is 0. The van der Waals surface area contributed by atoms with Gasteiger partial charge >= 0.3 is 0 Å². The molecule has 0 saturated heterocycles. The van der Waals surface area contributed by atoms with Crippen LogP contribution in [0.1, 0.15) is 228 Å². The van der Waals surface area contributed by atoms with Crippen LogP contribution < -0.4 is 14.2 Å². The second-order valence-corrected chi connectivity index (χ2v) is 23.9. The van der Waals surface area contributed by atoms with Gasteiger partial charge in [-0.1, -0.05) is 235 Å². The van der Waals surface area contributed by atoms with Gasteiger partial charge in [0, 0.05) is 64.6 Å². The zero-order chi connectivity index (χ0) is 59.2. The molecule has 472 valence electrons. The molecule has 0 spiro atoms. The van der Waals surface area contributed by atoms with Gasteiger partial charge in [-0.15, -0.1) is 0 Å². The predicted molar refractivity (Wildman–Crippen MR) is 349 cm³/mol. The molecule has 84 heavy (non-hydrogen) atoms. The summed E-state index contributed by atoms with van der Waals surface area (Å²) in [6.07, 6.45) is 38.5. The monoisotopic (exact) mass is 1160 g/mol. The summed E-state index contributed by atoms with van der Waals surface area (Å²) in [5, 5.41) is 9.71. The van der Waals surface area contributed by atoms with Gasteiger partial charge in [0.2, 0.25) is 0 Å². The van der Waals surface area contributed by atoms with Gasteiger partial charge in [-0.3, -0.25) is 19.7 Å². The van der Waals surface area contributed by atoms with E-state index in [4.69, 9.17) is 33.4 Å². The number of ether oxygens (including phenoxy) is 6. The Morgan fingerprint density at radius 2 is 0.774 bits per heavy atom. The molecule has 11 heteroatoms. The lowest BCUT2D eigenvalue weighted by atomic mass is 9.80. The van der Waals surface area contributed by atoms with Crippen LogP contribution in [0.3, 0.4) is 0 Å². The maximum absolute atomic E-state index is 9.71. The van der Waals surface area contributed by atoms with E-state index >= 15 is 0 Å². The van der Waals surface area contributed by atoms with Crippen molar-refractivity contribution in [1.82, 2.24) is 19.7 Å². The van der Waals surface area contributed by atoms with E-state index in [9.17, 15) is 5.11 Å². The topological polar surface area (TPSA) is 98.2 Å². The maximum Gasteiger partial charge on any atom is 0.143 e. The van der Waals surface area contributed by atoms with Crippen LogP contribution in [-0.2, 0) is 32.9 Å². The van der Waals surface area contributed by atoms with E-state index in [0.717, 1.165) is 123 Å². The highest BCUT2D eigenvalue weighted by Gasteiger charge is 2.38. The van der Waals surface area contributed by atoms with Gasteiger partial charge in [0.25, 0.3) is 0 Å². The summed E-state index contributed by atoms with van der Waals surface area (Å²) in [6.45, 7) is 15.7. The van der Waals surface area contributed by atoms with E-state index in [2.05, 4.69) is 89.2 Å². The lowest BCUT2D eigenvalue weighted by Crippen LogP contribution is -2.35. The summed E-state index contributed by atoms with van der Waals surface area (Å²) in [5.74, 6) is 2.39. The Labute approximate surface area is 512 Å². The van der Waals surface area contributed by atoms with Gasteiger partial charge in [-0.25, -0.2) is 0 Å². The highest BCUT2D eigenvalue weighted by Crippen LogP contribution is 2.42. The van der Waals surface area contributed by atoms with Crippen LogP contribution in [0.2, 0.25) is 0 Å². The third-order valence-electron chi connectivity index (χ3n) is 17.0. The predicted octanol–water partition coefficient (Wildman–Crippen LogP) is 16.8. The summed E-state index contributed by atoms with van der Waals surface area (Å²) in [7, 11) is 3.40. The SMILES string of the molecule is CCCCCCCCCCCCCCCCN1CCOCCN(CCCO)CCOCCN(CCCCCCCCCCCCCCCC)Cc2cc(OCCOC(c3ccccc3)(c3ccc(OC)cc3)c3ccc(OC)cc3)cc(n2)C1. The highest BCUT2D eigenvalue weighted by molar-refractivity contribution is 5.49. The van der Waals surface area contributed by atoms with E-state index in [1.807, 2.05) is 30.3 Å². The van der Waals surface area contributed by atoms with Crippen molar-refractivity contribution >= 4 is 0 Å². The minimum absolute atomic E-state index is 0.194. The average Bonchev–Trinajstić information content (AvgIpc) is 1.95. The first-order chi connectivity index (χ1) is 41.5. The van der Waals surface area contributed by atoms with Crippen molar-refractivity contribution in [2.75, 3.05) is 106 Å². The molecule has 3 aromatic carbocycles. The minimum atomic E-state index is -0.943. The van der Waals surface area contributed by atoms with Crippen molar-refractivity contribution in [3.8, 4) is 17.2 Å². The van der Waals surface area contributed by atoms with Crippen LogP contribution >= 0.6 is 0 Å². The molecule has 0 amide bonds. The van der Waals surface area contributed by atoms with Crippen molar-refractivity contribution in [2.24, 2.45) is 0 Å². The van der Waals surface area contributed by atoms with Gasteiger partial charge in [-0.2, -0.15) is 0 Å². The van der Waals surface area contributed by atoms with Crippen LogP contribution in [0.15, 0.2) is 91.0 Å². The van der Waals surface area contributed by atoms with Crippen LogP contribution in [-0.4, -0.2) is 131 Å². The molecule has 1 aliphatic heterocycles. The minimum Gasteiger partial charge on any atom is -0.497 e. The molecule has 11 nitrogen and oxygen atoms in total. The van der Waals surface area contributed by atoms with Crippen LogP contribution in [0.25, 0.3) is 0 Å². The Hall–Kier alpha value is -4.07. The summed E-state index contributed by atoms with van der Waals surface area (Å²) in [5.41, 5.74) is 4.10. The quantitative estimate of drug-likeness (QED) is 0.0339. The molecule has 2 bridgehead atoms. The molecule has 2 heterocycles. The lowest BCUT2D eigenvalue weighted by Gasteiger charge is -2.36. The third-order valence-corrected chi connectivity index (χ3v) is 17.0. The summed E-state index contributed by atoms with van der Waals surface area (Å²) < 4.78 is 38.1. The van der Waals surface area contributed by atoms with E-state index < -0.39 is 5.60 Å². The highest BCUT2D eigenvalue weighted by atomic mass is 16.5. The Morgan fingerprint density at radius 1 is 0.417 bits per heavy atom. The zero-order valence-electron chi connectivity index (χ0n) is 53.7. The summed E-state index contributed by atoms with van der Waals surface area (Å²) in [6, 6.07) is 31.2. The van der Waals surface area contributed by atoms with Crippen molar-refractivity contribution in [3.05, 3.63) is 119 Å². The molecular weight excluding hydrogens is 1040 g/mol. The fraction of sp³-hybridized carbons (Fsp3) is 0.685. The van der Waals surface area contributed by atoms with Crippen LogP contribution in [0.4, 0.5) is 0 Å². The second-order valence-electron chi connectivity index (χ2n) is 23.9. The molecule has 0 aliphatic carbocycles. The number of aromatic nitrogens is 1. The average molecular weight is 1160 g/mol. The molecule has 1 aromatic heterocycles. The van der Waals surface area contributed by atoms with Gasteiger partial charge in [0.1, 0.15) is 29.5 Å². The number of hydrogen-bond acceptors (Lipinski definition) is 11. The number of aliphatic hydroxyl groups excluding tert-OH is 1. The molecule has 0 saturated carbocycles. The van der Waals surface area contributed by atoms with E-state index in [-0.39, 0.29) is 6.61 Å². The first-order valence-corrected chi connectivity index (χ1v) is 34.1. The standard InChI is InChI=1S/C73H118N4O7/c1-5-7-9-11-13-15-17-19-21-23-25-27-29-34-47-76-52-57-81-55-50-75(49-36-54-78)51-56-82-58-53-77(48-35-30-28-26-24-22-20-18-16-14-12-10-8-6-2)64-69-62-72(61-68(63-76)74-69)83-59-60-84-73(65-37-32-31-33-38-65,66-39-43-70(79-3)44-40-66)67-41-45-71(80-4)46-42-67/h31-33,37-46,61-62,78H,5-30,34-36,47-60,63-64H2,1-4H3. The lowest BCUT2D eigenvalue weighted by molar-refractivity contribution is -0.00250. The number of fused-ring (bicyclic) bond motifs is 2. The number of hydrogen-bond donors (Lipinski definition) is 1. The van der Waals surface area contributed by atoms with Crippen molar-refractivity contribution in [2.45, 2.75) is 219 Å². The number of aliphatic hydroxyl groups is 1. The van der Waals surface area contributed by atoms with Gasteiger partial charge in [0.15, 0.2) is 0 Å². The Balaban J connectivity index is 1.31. The number of pyridine rings is 1. The van der Waals surface area contributed by atoms with E-state index in [1.54, 1.807) is 14.2 Å². The number of benzene rings is 3. The number of methoxy groups -OCH3 is 2. The van der Waals surface area contributed by atoms with Crippen molar-refractivity contribution in [3.63, 3.8) is 0 Å². The maximum atomic E-state index is 9.71. The Bertz CT molecular complexity index is 2050. The largest absolute Gasteiger partial charge is 0.497 e.